The number of nitrogens with zero attached hydrogens (tertiary/aromatic N) is 3. The number of halogens is 1. The smallest absolute Gasteiger partial charge is 0.154 e. The molecule has 86 valence electrons. The number of hydrogen-bond donors (Lipinski definition) is 2. The van der Waals surface area contributed by atoms with Crippen LogP contribution in [0, 0.1) is 0 Å². The minimum atomic E-state index is -0.966. The van der Waals surface area contributed by atoms with Crippen LogP contribution in [0.25, 0.3) is 0 Å². The van der Waals surface area contributed by atoms with Crippen molar-refractivity contribution in [1.29, 1.82) is 0 Å². The molecule has 0 amide bonds. The fourth-order valence-corrected chi connectivity index (χ4v) is 2.25. The van der Waals surface area contributed by atoms with Crippen molar-refractivity contribution in [3.8, 4) is 0 Å². The Morgan fingerprint density at radius 2 is 2.27 bits per heavy atom. The summed E-state index contributed by atoms with van der Waals surface area (Å²) in [4.78, 5) is 0. The molecule has 0 aliphatic heterocycles. The molecule has 0 saturated heterocycles. The summed E-state index contributed by atoms with van der Waals surface area (Å²) in [5, 5.41) is 21.1. The molecule has 0 saturated carbocycles. The van der Waals surface area contributed by atoms with Crippen LogP contribution in [0.3, 0.4) is 0 Å². The van der Waals surface area contributed by atoms with Crippen molar-refractivity contribution in [3.05, 3.63) is 10.3 Å². The molecule has 1 atom stereocenters. The molecular weight excluding hydrogens is 260 g/mol. The summed E-state index contributed by atoms with van der Waals surface area (Å²) in [6, 6.07) is 0. The van der Waals surface area contributed by atoms with E-state index in [4.69, 9.17) is 0 Å². The zero-order valence-corrected chi connectivity index (χ0v) is 10.9. The van der Waals surface area contributed by atoms with Gasteiger partial charge >= 0.3 is 0 Å². The first-order valence-corrected chi connectivity index (χ1v) is 5.77. The predicted molar refractivity (Wildman–Crippen MR) is 61.4 cm³/mol. The largest absolute Gasteiger partial charge is 0.382 e. The topological polar surface area (TPSA) is 63.0 Å². The van der Waals surface area contributed by atoms with Gasteiger partial charge in [-0.2, -0.15) is 0 Å². The van der Waals surface area contributed by atoms with E-state index in [9.17, 15) is 5.11 Å². The van der Waals surface area contributed by atoms with Gasteiger partial charge in [-0.3, -0.25) is 0 Å². The highest BCUT2D eigenvalue weighted by Crippen LogP contribution is 2.25. The van der Waals surface area contributed by atoms with E-state index >= 15 is 0 Å². The SMILES string of the molecule is CCCNCC(C)(O)c1c(Br)nnn1C. The van der Waals surface area contributed by atoms with Crippen molar-refractivity contribution >= 4 is 15.9 Å². The molecule has 1 rings (SSSR count). The van der Waals surface area contributed by atoms with E-state index in [1.807, 2.05) is 0 Å². The molecule has 1 aromatic rings. The molecule has 15 heavy (non-hydrogen) atoms. The van der Waals surface area contributed by atoms with Gasteiger partial charge in [-0.1, -0.05) is 12.1 Å². The summed E-state index contributed by atoms with van der Waals surface area (Å²) < 4.78 is 2.17. The standard InChI is InChI=1S/C9H17BrN4O/c1-4-5-11-6-9(2,15)7-8(10)12-13-14(7)3/h11,15H,4-6H2,1-3H3. The van der Waals surface area contributed by atoms with Crippen LogP contribution >= 0.6 is 15.9 Å². The van der Waals surface area contributed by atoms with Gasteiger partial charge in [-0.25, -0.2) is 4.68 Å². The Hall–Kier alpha value is -0.460. The number of hydrogen-bond acceptors (Lipinski definition) is 4. The number of aliphatic hydroxyl groups is 1. The van der Waals surface area contributed by atoms with Crippen LogP contribution in [0.5, 0.6) is 0 Å². The zero-order chi connectivity index (χ0) is 11.5. The van der Waals surface area contributed by atoms with E-state index in [0.29, 0.717) is 16.8 Å². The van der Waals surface area contributed by atoms with Gasteiger partial charge in [0.25, 0.3) is 0 Å². The first-order valence-electron chi connectivity index (χ1n) is 4.97. The molecule has 6 heteroatoms. The number of aromatic nitrogens is 3. The summed E-state index contributed by atoms with van der Waals surface area (Å²) in [6.07, 6.45) is 1.04. The van der Waals surface area contributed by atoms with Gasteiger partial charge in [0, 0.05) is 13.6 Å². The molecule has 1 heterocycles. The second kappa shape index (κ2) is 5.05. The minimum absolute atomic E-state index is 0.487. The van der Waals surface area contributed by atoms with Gasteiger partial charge in [0.05, 0.1) is 0 Å². The zero-order valence-electron chi connectivity index (χ0n) is 9.29. The van der Waals surface area contributed by atoms with E-state index in [-0.39, 0.29) is 0 Å². The van der Waals surface area contributed by atoms with E-state index in [0.717, 1.165) is 13.0 Å². The molecule has 1 aromatic heterocycles. The second-order valence-corrected chi connectivity index (χ2v) is 4.55. The maximum absolute atomic E-state index is 10.3. The monoisotopic (exact) mass is 276 g/mol. The van der Waals surface area contributed by atoms with E-state index < -0.39 is 5.60 Å². The molecule has 0 aliphatic rings. The molecular formula is C9H17BrN4O. The number of nitrogens with one attached hydrogen (secondary N) is 1. The van der Waals surface area contributed by atoms with E-state index in [2.05, 4.69) is 38.5 Å². The van der Waals surface area contributed by atoms with Crippen molar-refractivity contribution in [2.75, 3.05) is 13.1 Å². The van der Waals surface area contributed by atoms with Gasteiger partial charge in [0.2, 0.25) is 0 Å². The fourth-order valence-electron chi connectivity index (χ4n) is 1.50. The van der Waals surface area contributed by atoms with Crippen molar-refractivity contribution in [2.24, 2.45) is 7.05 Å². The van der Waals surface area contributed by atoms with Gasteiger partial charge in [-0.15, -0.1) is 5.10 Å². The van der Waals surface area contributed by atoms with Crippen LogP contribution in [0.2, 0.25) is 0 Å². The highest BCUT2D eigenvalue weighted by molar-refractivity contribution is 9.10. The molecule has 2 N–H and O–H groups in total. The molecule has 0 fully saturated rings. The van der Waals surface area contributed by atoms with Crippen LogP contribution in [0.15, 0.2) is 4.60 Å². The van der Waals surface area contributed by atoms with Crippen LogP contribution in [-0.2, 0) is 12.6 Å². The minimum Gasteiger partial charge on any atom is -0.382 e. The van der Waals surface area contributed by atoms with Crippen molar-refractivity contribution < 1.29 is 5.11 Å². The van der Waals surface area contributed by atoms with Crippen LogP contribution in [0.1, 0.15) is 26.0 Å². The summed E-state index contributed by atoms with van der Waals surface area (Å²) >= 11 is 3.28. The van der Waals surface area contributed by atoms with E-state index in [1.54, 1.807) is 18.7 Å². The maximum atomic E-state index is 10.3. The first kappa shape index (κ1) is 12.6. The first-order chi connectivity index (χ1) is 6.99. The highest BCUT2D eigenvalue weighted by atomic mass is 79.9. The number of rotatable bonds is 5. The van der Waals surface area contributed by atoms with Crippen LogP contribution < -0.4 is 5.32 Å². The molecule has 0 aromatic carbocycles. The summed E-state index contributed by atoms with van der Waals surface area (Å²) in [5.74, 6) is 0. The molecule has 0 radical (unpaired) electrons. The van der Waals surface area contributed by atoms with Crippen molar-refractivity contribution in [3.63, 3.8) is 0 Å². The Balaban J connectivity index is 2.76. The van der Waals surface area contributed by atoms with Crippen LogP contribution in [-0.4, -0.2) is 33.2 Å². The summed E-state index contributed by atoms with van der Waals surface area (Å²) in [6.45, 7) is 5.21. The van der Waals surface area contributed by atoms with Crippen LogP contribution in [0.4, 0.5) is 0 Å². The quantitative estimate of drug-likeness (QED) is 0.781. The lowest BCUT2D eigenvalue weighted by molar-refractivity contribution is 0.0480. The lowest BCUT2D eigenvalue weighted by atomic mass is 10.0. The average Bonchev–Trinajstić information content (AvgIpc) is 2.46. The third-order valence-electron chi connectivity index (χ3n) is 2.19. The Morgan fingerprint density at radius 3 is 2.73 bits per heavy atom. The lowest BCUT2D eigenvalue weighted by Crippen LogP contribution is -2.37. The van der Waals surface area contributed by atoms with Crippen molar-refractivity contribution in [1.82, 2.24) is 20.3 Å². The van der Waals surface area contributed by atoms with Gasteiger partial charge in [0.15, 0.2) is 4.60 Å². The van der Waals surface area contributed by atoms with Crippen molar-refractivity contribution in [2.45, 2.75) is 25.9 Å². The third-order valence-corrected chi connectivity index (χ3v) is 2.73. The normalized spacial score (nSPS) is 15.3. The Kier molecular flexibility index (Phi) is 4.24. The second-order valence-electron chi connectivity index (χ2n) is 3.80. The van der Waals surface area contributed by atoms with Gasteiger partial charge < -0.3 is 10.4 Å². The predicted octanol–water partition coefficient (Wildman–Crippen LogP) is 0.785. The highest BCUT2D eigenvalue weighted by Gasteiger charge is 2.29. The summed E-state index contributed by atoms with van der Waals surface area (Å²) in [7, 11) is 1.77. The molecule has 0 aliphatic carbocycles. The maximum Gasteiger partial charge on any atom is 0.154 e. The average molecular weight is 277 g/mol. The molecule has 5 nitrogen and oxygen atoms in total. The molecule has 1 unspecified atom stereocenters. The van der Waals surface area contributed by atoms with Gasteiger partial charge in [0.1, 0.15) is 11.3 Å². The summed E-state index contributed by atoms with van der Waals surface area (Å²) in [5.41, 5.74) is -0.280. The Morgan fingerprint density at radius 1 is 1.60 bits per heavy atom. The molecule has 0 spiro atoms. The number of aryl methyl sites for hydroxylation is 1. The Labute approximate surface area is 98.0 Å². The Bertz CT molecular complexity index is 304. The third kappa shape index (κ3) is 2.99. The van der Waals surface area contributed by atoms with Gasteiger partial charge in [-0.05, 0) is 35.8 Å². The fraction of sp³-hybridized carbons (Fsp3) is 0.778. The molecule has 0 bridgehead atoms. The van der Waals surface area contributed by atoms with E-state index in [1.165, 1.54) is 0 Å². The lowest BCUT2D eigenvalue weighted by Gasteiger charge is -2.23.